The van der Waals surface area contributed by atoms with Gasteiger partial charge in [-0.1, -0.05) is 11.6 Å². The SMILES string of the molecule is CN(C)CCc1nccc(Cl)n1. The van der Waals surface area contributed by atoms with Crippen LogP contribution in [0.15, 0.2) is 12.3 Å². The molecule has 0 unspecified atom stereocenters. The highest BCUT2D eigenvalue weighted by Crippen LogP contribution is 2.02. The highest BCUT2D eigenvalue weighted by atomic mass is 35.5. The number of hydrogen-bond donors (Lipinski definition) is 0. The monoisotopic (exact) mass is 185 g/mol. The van der Waals surface area contributed by atoms with E-state index >= 15 is 0 Å². The van der Waals surface area contributed by atoms with Crippen LogP contribution >= 0.6 is 11.6 Å². The van der Waals surface area contributed by atoms with E-state index < -0.39 is 0 Å². The van der Waals surface area contributed by atoms with Crippen molar-refractivity contribution in [1.82, 2.24) is 14.9 Å². The molecule has 0 atom stereocenters. The van der Waals surface area contributed by atoms with Gasteiger partial charge in [0.2, 0.25) is 0 Å². The molecule has 4 heteroatoms. The minimum Gasteiger partial charge on any atom is -0.309 e. The zero-order valence-corrected chi connectivity index (χ0v) is 8.04. The molecule has 0 spiro atoms. The summed E-state index contributed by atoms with van der Waals surface area (Å²) in [4.78, 5) is 10.2. The van der Waals surface area contributed by atoms with Gasteiger partial charge in [0, 0.05) is 19.2 Å². The Morgan fingerprint density at radius 2 is 2.25 bits per heavy atom. The maximum Gasteiger partial charge on any atom is 0.132 e. The molecule has 1 heterocycles. The van der Waals surface area contributed by atoms with Gasteiger partial charge in [0.05, 0.1) is 0 Å². The van der Waals surface area contributed by atoms with Crippen molar-refractivity contribution >= 4 is 11.6 Å². The van der Waals surface area contributed by atoms with Crippen LogP contribution in [0.25, 0.3) is 0 Å². The van der Waals surface area contributed by atoms with Crippen LogP contribution in [0.2, 0.25) is 5.15 Å². The van der Waals surface area contributed by atoms with E-state index in [0.717, 1.165) is 18.8 Å². The van der Waals surface area contributed by atoms with Crippen molar-refractivity contribution in [2.45, 2.75) is 6.42 Å². The maximum absolute atomic E-state index is 5.70. The van der Waals surface area contributed by atoms with Gasteiger partial charge in [-0.25, -0.2) is 9.97 Å². The molecule has 12 heavy (non-hydrogen) atoms. The lowest BCUT2D eigenvalue weighted by molar-refractivity contribution is 0.409. The van der Waals surface area contributed by atoms with Crippen molar-refractivity contribution in [3.05, 3.63) is 23.2 Å². The van der Waals surface area contributed by atoms with Crippen molar-refractivity contribution < 1.29 is 0 Å². The molecule has 0 aliphatic carbocycles. The molecule has 0 aliphatic rings. The normalized spacial score (nSPS) is 10.7. The van der Waals surface area contributed by atoms with Crippen molar-refractivity contribution in [2.24, 2.45) is 0 Å². The summed E-state index contributed by atoms with van der Waals surface area (Å²) < 4.78 is 0. The highest BCUT2D eigenvalue weighted by molar-refractivity contribution is 6.29. The lowest BCUT2D eigenvalue weighted by atomic mass is 10.4. The minimum atomic E-state index is 0.513. The van der Waals surface area contributed by atoms with Crippen LogP contribution in [0.3, 0.4) is 0 Å². The highest BCUT2D eigenvalue weighted by Gasteiger charge is 1.97. The quantitative estimate of drug-likeness (QED) is 0.664. The second-order valence-electron chi connectivity index (χ2n) is 2.85. The topological polar surface area (TPSA) is 29.0 Å². The Morgan fingerprint density at radius 3 is 2.83 bits per heavy atom. The van der Waals surface area contributed by atoms with Gasteiger partial charge in [0.1, 0.15) is 11.0 Å². The molecule has 0 saturated carbocycles. The smallest absolute Gasteiger partial charge is 0.132 e. The predicted molar refractivity (Wildman–Crippen MR) is 49.3 cm³/mol. The third kappa shape index (κ3) is 3.15. The summed E-state index contributed by atoms with van der Waals surface area (Å²) in [6.07, 6.45) is 2.52. The van der Waals surface area contributed by atoms with E-state index in [1.165, 1.54) is 0 Å². The first-order chi connectivity index (χ1) is 5.68. The molecular weight excluding hydrogens is 174 g/mol. The van der Waals surface area contributed by atoms with Crippen LogP contribution in [0.5, 0.6) is 0 Å². The van der Waals surface area contributed by atoms with Gasteiger partial charge in [-0.2, -0.15) is 0 Å². The number of rotatable bonds is 3. The minimum absolute atomic E-state index is 0.513. The van der Waals surface area contributed by atoms with Crippen LogP contribution in [-0.2, 0) is 6.42 Å². The number of hydrogen-bond acceptors (Lipinski definition) is 3. The molecule has 0 bridgehead atoms. The van der Waals surface area contributed by atoms with E-state index in [-0.39, 0.29) is 0 Å². The Hall–Kier alpha value is -0.670. The largest absolute Gasteiger partial charge is 0.309 e. The Bertz CT molecular complexity index is 250. The zero-order chi connectivity index (χ0) is 8.97. The molecule has 66 valence electrons. The molecule has 1 aromatic heterocycles. The van der Waals surface area contributed by atoms with Gasteiger partial charge in [-0.3, -0.25) is 0 Å². The summed E-state index contributed by atoms with van der Waals surface area (Å²) in [7, 11) is 4.04. The summed E-state index contributed by atoms with van der Waals surface area (Å²) in [6.45, 7) is 0.945. The number of aromatic nitrogens is 2. The maximum atomic E-state index is 5.70. The van der Waals surface area contributed by atoms with Crippen LogP contribution in [0, 0.1) is 0 Å². The van der Waals surface area contributed by atoms with E-state index in [1.54, 1.807) is 12.3 Å². The predicted octanol–water partition coefficient (Wildman–Crippen LogP) is 1.23. The number of likely N-dealkylation sites (N-methyl/N-ethyl adjacent to an activating group) is 1. The van der Waals surface area contributed by atoms with Gasteiger partial charge in [0.25, 0.3) is 0 Å². The molecule has 0 radical (unpaired) electrons. The Labute approximate surface area is 77.4 Å². The zero-order valence-electron chi connectivity index (χ0n) is 7.29. The first-order valence-electron chi connectivity index (χ1n) is 3.80. The van der Waals surface area contributed by atoms with E-state index in [9.17, 15) is 0 Å². The van der Waals surface area contributed by atoms with Gasteiger partial charge < -0.3 is 4.90 Å². The summed E-state index contributed by atoms with van der Waals surface area (Å²) in [5.74, 6) is 0.802. The lowest BCUT2D eigenvalue weighted by Gasteiger charge is -2.07. The molecule has 0 N–H and O–H groups in total. The fourth-order valence-electron chi connectivity index (χ4n) is 0.818. The second-order valence-corrected chi connectivity index (χ2v) is 3.24. The van der Waals surface area contributed by atoms with Crippen LogP contribution in [-0.4, -0.2) is 35.5 Å². The summed E-state index contributed by atoms with van der Waals surface area (Å²) in [6, 6.07) is 1.68. The number of halogens is 1. The Morgan fingerprint density at radius 1 is 1.50 bits per heavy atom. The van der Waals surface area contributed by atoms with Gasteiger partial charge in [0.15, 0.2) is 0 Å². The standard InChI is InChI=1S/C8H12ClN3/c1-12(2)6-4-8-10-5-3-7(9)11-8/h3,5H,4,6H2,1-2H3. The van der Waals surface area contributed by atoms with Crippen molar-refractivity contribution in [3.63, 3.8) is 0 Å². The Balaban J connectivity index is 2.52. The third-order valence-electron chi connectivity index (χ3n) is 1.45. The second kappa shape index (κ2) is 4.38. The molecule has 0 aliphatic heterocycles. The molecule has 0 aromatic carbocycles. The van der Waals surface area contributed by atoms with E-state index in [1.807, 2.05) is 14.1 Å². The van der Waals surface area contributed by atoms with Crippen molar-refractivity contribution in [1.29, 1.82) is 0 Å². The van der Waals surface area contributed by atoms with Gasteiger partial charge in [-0.15, -0.1) is 0 Å². The van der Waals surface area contributed by atoms with E-state index in [4.69, 9.17) is 11.6 Å². The summed E-state index contributed by atoms with van der Waals surface area (Å²) in [5.41, 5.74) is 0. The van der Waals surface area contributed by atoms with Crippen molar-refractivity contribution in [2.75, 3.05) is 20.6 Å². The first-order valence-corrected chi connectivity index (χ1v) is 4.18. The molecule has 0 fully saturated rings. The average Bonchev–Trinajstić information content (AvgIpc) is 2.01. The van der Waals surface area contributed by atoms with Crippen LogP contribution < -0.4 is 0 Å². The van der Waals surface area contributed by atoms with Crippen molar-refractivity contribution in [3.8, 4) is 0 Å². The fourth-order valence-corrected chi connectivity index (χ4v) is 0.972. The molecule has 1 rings (SSSR count). The van der Waals surface area contributed by atoms with E-state index in [0.29, 0.717) is 5.15 Å². The Kier molecular flexibility index (Phi) is 3.44. The lowest BCUT2D eigenvalue weighted by Crippen LogP contribution is -2.16. The molecular formula is C8H12ClN3. The van der Waals surface area contributed by atoms with E-state index in [2.05, 4.69) is 14.9 Å². The first kappa shape index (κ1) is 9.42. The van der Waals surface area contributed by atoms with Gasteiger partial charge in [-0.05, 0) is 20.2 Å². The average molecular weight is 186 g/mol. The molecule has 0 amide bonds. The molecule has 3 nitrogen and oxygen atoms in total. The van der Waals surface area contributed by atoms with Crippen LogP contribution in [0.4, 0.5) is 0 Å². The van der Waals surface area contributed by atoms with Crippen LogP contribution in [0.1, 0.15) is 5.82 Å². The molecule has 1 aromatic rings. The fraction of sp³-hybridized carbons (Fsp3) is 0.500. The third-order valence-corrected chi connectivity index (χ3v) is 1.66. The summed E-state index contributed by atoms with van der Waals surface area (Å²) >= 11 is 5.70. The summed E-state index contributed by atoms with van der Waals surface area (Å²) in [5, 5.41) is 0.513. The number of nitrogens with zero attached hydrogens (tertiary/aromatic N) is 3. The molecule has 0 saturated heterocycles. The van der Waals surface area contributed by atoms with Gasteiger partial charge >= 0.3 is 0 Å².